The van der Waals surface area contributed by atoms with Crippen LogP contribution in [0.25, 0.3) is 11.1 Å². The van der Waals surface area contributed by atoms with Crippen LogP contribution in [0.4, 0.5) is 5.69 Å². The molecule has 1 aromatic heterocycles. The molecule has 0 saturated heterocycles. The summed E-state index contributed by atoms with van der Waals surface area (Å²) >= 11 is 1.08. The fourth-order valence-electron chi connectivity index (χ4n) is 3.77. The van der Waals surface area contributed by atoms with E-state index in [1.54, 1.807) is 74.5 Å². The van der Waals surface area contributed by atoms with E-state index in [1.807, 2.05) is 12.1 Å². The standard InChI is InChI=1S/C29H29N5O6S/c1-17(2)25(28(38)34-33-24(35)16-41-29-31-22-10-6-7-11-23(22)40-29)32-27(37)20-8-4-5-9-21(20)30-26(36)18-12-14-19(39-3)15-13-18/h4-15,17,25H,16H2,1-3H3,(H,30,36)(H,32,37)(H,33,35)(H,34,38). The average Bonchev–Trinajstić information content (AvgIpc) is 3.40. The van der Waals surface area contributed by atoms with Crippen molar-refractivity contribution in [2.75, 3.05) is 18.2 Å². The predicted octanol–water partition coefficient (Wildman–Crippen LogP) is 3.78. The van der Waals surface area contributed by atoms with E-state index in [4.69, 9.17) is 9.15 Å². The van der Waals surface area contributed by atoms with Crippen molar-refractivity contribution in [3.63, 3.8) is 0 Å². The Morgan fingerprint density at radius 1 is 0.902 bits per heavy atom. The van der Waals surface area contributed by atoms with Crippen LogP contribution in [0.5, 0.6) is 5.75 Å². The summed E-state index contributed by atoms with van der Waals surface area (Å²) in [6.07, 6.45) is 0. The van der Waals surface area contributed by atoms with Gasteiger partial charge in [0.1, 0.15) is 17.3 Å². The molecule has 0 spiro atoms. The zero-order chi connectivity index (χ0) is 29.4. The molecule has 0 saturated carbocycles. The number of hydrogen-bond donors (Lipinski definition) is 4. The molecule has 4 aromatic rings. The highest BCUT2D eigenvalue weighted by Gasteiger charge is 2.26. The van der Waals surface area contributed by atoms with Gasteiger partial charge in [-0.15, -0.1) is 0 Å². The highest BCUT2D eigenvalue weighted by Crippen LogP contribution is 2.23. The molecule has 3 aromatic carbocycles. The second-order valence-electron chi connectivity index (χ2n) is 9.20. The fraction of sp³-hybridized carbons (Fsp3) is 0.207. The van der Waals surface area contributed by atoms with Gasteiger partial charge in [-0.25, -0.2) is 4.98 Å². The second-order valence-corrected chi connectivity index (χ2v) is 10.1. The van der Waals surface area contributed by atoms with Gasteiger partial charge in [0.05, 0.1) is 24.1 Å². The number of carbonyl (C=O) groups is 4. The molecule has 212 valence electrons. The van der Waals surface area contributed by atoms with Gasteiger partial charge in [-0.2, -0.15) is 0 Å². The van der Waals surface area contributed by atoms with Gasteiger partial charge in [0.25, 0.3) is 22.9 Å². The maximum absolute atomic E-state index is 13.2. The van der Waals surface area contributed by atoms with Gasteiger partial charge >= 0.3 is 0 Å². The zero-order valence-electron chi connectivity index (χ0n) is 22.6. The number of methoxy groups -OCH3 is 1. The van der Waals surface area contributed by atoms with Crippen molar-refractivity contribution >= 4 is 52.2 Å². The van der Waals surface area contributed by atoms with Crippen molar-refractivity contribution in [3.05, 3.63) is 83.9 Å². The molecule has 0 aliphatic carbocycles. The predicted molar refractivity (Wildman–Crippen MR) is 154 cm³/mol. The molecular formula is C29H29N5O6S. The van der Waals surface area contributed by atoms with E-state index in [-0.39, 0.29) is 22.9 Å². The van der Waals surface area contributed by atoms with Gasteiger partial charge in [-0.1, -0.05) is 49.9 Å². The number of anilines is 1. The number of oxazole rings is 1. The molecule has 12 heteroatoms. The molecule has 4 N–H and O–H groups in total. The highest BCUT2D eigenvalue weighted by molar-refractivity contribution is 7.99. The van der Waals surface area contributed by atoms with E-state index in [9.17, 15) is 19.2 Å². The molecule has 11 nitrogen and oxygen atoms in total. The maximum Gasteiger partial charge on any atom is 0.261 e. The first-order chi connectivity index (χ1) is 19.7. The van der Waals surface area contributed by atoms with Crippen LogP contribution in [0.1, 0.15) is 34.6 Å². The number of thioether (sulfide) groups is 1. The molecule has 0 aliphatic rings. The fourth-order valence-corrected chi connectivity index (χ4v) is 4.40. The number of nitrogens with one attached hydrogen (secondary N) is 4. The average molecular weight is 576 g/mol. The van der Waals surface area contributed by atoms with Crippen LogP contribution < -0.4 is 26.2 Å². The third-order valence-electron chi connectivity index (χ3n) is 5.93. The third-order valence-corrected chi connectivity index (χ3v) is 6.76. The Hall–Kier alpha value is -4.84. The van der Waals surface area contributed by atoms with E-state index < -0.39 is 29.7 Å². The van der Waals surface area contributed by atoms with Crippen LogP contribution in [-0.4, -0.2) is 47.5 Å². The lowest BCUT2D eigenvalue weighted by molar-refractivity contribution is -0.129. The van der Waals surface area contributed by atoms with Gasteiger partial charge in [-0.3, -0.25) is 30.0 Å². The van der Waals surface area contributed by atoms with Crippen molar-refractivity contribution in [3.8, 4) is 5.75 Å². The van der Waals surface area contributed by atoms with E-state index in [0.717, 1.165) is 11.8 Å². The Bertz CT molecular complexity index is 1520. The molecule has 0 aliphatic heterocycles. The van der Waals surface area contributed by atoms with Gasteiger partial charge in [-0.05, 0) is 54.4 Å². The van der Waals surface area contributed by atoms with E-state index in [2.05, 4.69) is 26.5 Å². The van der Waals surface area contributed by atoms with Crippen LogP contribution in [0.3, 0.4) is 0 Å². The molecule has 0 fully saturated rings. The number of para-hydroxylation sites is 3. The third kappa shape index (κ3) is 7.63. The topological polar surface area (TPSA) is 152 Å². The lowest BCUT2D eigenvalue weighted by Crippen LogP contribution is -2.54. The summed E-state index contributed by atoms with van der Waals surface area (Å²) in [6.45, 7) is 3.51. The Kier molecular flexibility index (Phi) is 9.59. The Labute approximate surface area is 240 Å². The van der Waals surface area contributed by atoms with Crippen molar-refractivity contribution in [2.45, 2.75) is 25.1 Å². The van der Waals surface area contributed by atoms with E-state index >= 15 is 0 Å². The first kappa shape index (κ1) is 29.2. The molecule has 1 unspecified atom stereocenters. The summed E-state index contributed by atoms with van der Waals surface area (Å²) in [5, 5.41) is 5.77. The monoisotopic (exact) mass is 575 g/mol. The van der Waals surface area contributed by atoms with Crippen molar-refractivity contribution in [1.82, 2.24) is 21.2 Å². The number of ether oxygens (including phenoxy) is 1. The molecule has 0 radical (unpaired) electrons. The first-order valence-electron chi connectivity index (χ1n) is 12.7. The summed E-state index contributed by atoms with van der Waals surface area (Å²) in [5.41, 5.74) is 6.84. The number of benzene rings is 3. The van der Waals surface area contributed by atoms with Crippen LogP contribution in [0, 0.1) is 5.92 Å². The largest absolute Gasteiger partial charge is 0.497 e. The van der Waals surface area contributed by atoms with Crippen molar-refractivity contribution in [1.29, 1.82) is 0 Å². The molecule has 41 heavy (non-hydrogen) atoms. The van der Waals surface area contributed by atoms with Gasteiger partial charge in [0, 0.05) is 5.56 Å². The number of carbonyl (C=O) groups excluding carboxylic acids is 4. The molecule has 1 heterocycles. The smallest absolute Gasteiger partial charge is 0.261 e. The van der Waals surface area contributed by atoms with E-state index in [0.29, 0.717) is 27.6 Å². The summed E-state index contributed by atoms with van der Waals surface area (Å²) in [6, 6.07) is 19.3. The summed E-state index contributed by atoms with van der Waals surface area (Å²) in [5.74, 6) is -1.82. The van der Waals surface area contributed by atoms with Crippen LogP contribution in [0.15, 0.2) is 82.4 Å². The lowest BCUT2D eigenvalue weighted by atomic mass is 10.0. The minimum Gasteiger partial charge on any atom is -0.497 e. The summed E-state index contributed by atoms with van der Waals surface area (Å²) < 4.78 is 10.7. The molecule has 4 amide bonds. The zero-order valence-corrected chi connectivity index (χ0v) is 23.4. The van der Waals surface area contributed by atoms with Crippen LogP contribution in [0.2, 0.25) is 0 Å². The number of hydrazine groups is 1. The normalized spacial score (nSPS) is 11.5. The Morgan fingerprint density at radius 3 is 2.32 bits per heavy atom. The van der Waals surface area contributed by atoms with Crippen molar-refractivity contribution in [2.24, 2.45) is 5.92 Å². The number of rotatable bonds is 10. The minimum absolute atomic E-state index is 0.0485. The van der Waals surface area contributed by atoms with Gasteiger partial charge in [0.15, 0.2) is 5.58 Å². The first-order valence-corrected chi connectivity index (χ1v) is 13.7. The number of aromatic nitrogens is 1. The molecular weight excluding hydrogens is 546 g/mol. The van der Waals surface area contributed by atoms with Crippen molar-refractivity contribution < 1.29 is 28.3 Å². The number of amides is 4. The van der Waals surface area contributed by atoms with Gasteiger partial charge < -0.3 is 19.8 Å². The SMILES string of the molecule is COc1ccc(C(=O)Nc2ccccc2C(=O)NC(C(=O)NNC(=O)CSc2nc3ccccc3o2)C(C)C)cc1. The molecule has 0 bridgehead atoms. The second kappa shape index (κ2) is 13.5. The van der Waals surface area contributed by atoms with E-state index in [1.165, 1.54) is 7.11 Å². The lowest BCUT2D eigenvalue weighted by Gasteiger charge is -2.22. The van der Waals surface area contributed by atoms with Crippen LogP contribution >= 0.6 is 11.8 Å². The molecule has 4 rings (SSSR count). The van der Waals surface area contributed by atoms with Crippen LogP contribution in [-0.2, 0) is 9.59 Å². The molecule has 1 atom stereocenters. The minimum atomic E-state index is -0.974. The number of hydrogen-bond acceptors (Lipinski definition) is 8. The summed E-state index contributed by atoms with van der Waals surface area (Å²) in [7, 11) is 1.53. The highest BCUT2D eigenvalue weighted by atomic mass is 32.2. The Balaban J connectivity index is 1.33. The number of nitrogens with zero attached hydrogens (tertiary/aromatic N) is 1. The Morgan fingerprint density at radius 2 is 1.61 bits per heavy atom. The maximum atomic E-state index is 13.2. The summed E-state index contributed by atoms with van der Waals surface area (Å²) in [4.78, 5) is 55.5. The number of fused-ring (bicyclic) bond motifs is 1. The quantitative estimate of drug-likeness (QED) is 0.165. The van der Waals surface area contributed by atoms with Gasteiger partial charge in [0.2, 0.25) is 5.91 Å².